The molecule has 88 valence electrons. The van der Waals surface area contributed by atoms with Gasteiger partial charge in [0.2, 0.25) is 0 Å². The summed E-state index contributed by atoms with van der Waals surface area (Å²) in [6, 6.07) is 4.96. The third kappa shape index (κ3) is 4.68. The molecule has 0 N–H and O–H groups in total. The summed E-state index contributed by atoms with van der Waals surface area (Å²) in [6.45, 7) is 0.197. The fraction of sp³-hybridized carbons (Fsp3) is 0.300. The molecule has 0 atom stereocenters. The average molecular weight is 234 g/mol. The number of benzene rings is 1. The number of ether oxygens (including phenoxy) is 2. The van der Waals surface area contributed by atoms with Crippen LogP contribution in [0.25, 0.3) is 0 Å². The first-order chi connectivity index (χ1) is 7.51. The van der Waals surface area contributed by atoms with Crippen LogP contribution in [0.5, 0.6) is 11.5 Å². The van der Waals surface area contributed by atoms with Crippen molar-refractivity contribution in [3.63, 3.8) is 0 Å². The van der Waals surface area contributed by atoms with Gasteiger partial charge >= 0.3 is 6.36 Å². The predicted molar refractivity (Wildman–Crippen MR) is 49.3 cm³/mol. The van der Waals surface area contributed by atoms with Crippen molar-refractivity contribution >= 4 is 6.29 Å². The summed E-state index contributed by atoms with van der Waals surface area (Å²) < 4.78 is 44.1. The maximum atomic E-state index is 11.8. The zero-order valence-corrected chi connectivity index (χ0v) is 8.16. The van der Waals surface area contributed by atoms with E-state index in [1.54, 1.807) is 0 Å². The third-order valence-electron chi connectivity index (χ3n) is 1.56. The van der Waals surface area contributed by atoms with E-state index in [2.05, 4.69) is 4.74 Å². The van der Waals surface area contributed by atoms with Crippen LogP contribution in [0.15, 0.2) is 24.3 Å². The van der Waals surface area contributed by atoms with E-state index >= 15 is 0 Å². The molecule has 0 saturated carbocycles. The van der Waals surface area contributed by atoms with E-state index in [4.69, 9.17) is 4.74 Å². The second-order valence-corrected chi connectivity index (χ2v) is 2.82. The first kappa shape index (κ1) is 12.4. The molecule has 0 heterocycles. The highest BCUT2D eigenvalue weighted by Crippen LogP contribution is 2.24. The SMILES string of the molecule is O=CCCOc1ccc(OC(F)(F)F)cc1. The summed E-state index contributed by atoms with van der Waals surface area (Å²) >= 11 is 0. The molecule has 0 spiro atoms. The second kappa shape index (κ2) is 5.39. The maximum absolute atomic E-state index is 11.8. The van der Waals surface area contributed by atoms with Crippen LogP contribution >= 0.6 is 0 Å². The van der Waals surface area contributed by atoms with Gasteiger partial charge in [-0.05, 0) is 24.3 Å². The Labute approximate surface area is 89.8 Å². The smallest absolute Gasteiger partial charge is 0.493 e. The highest BCUT2D eigenvalue weighted by molar-refractivity contribution is 5.49. The largest absolute Gasteiger partial charge is 0.573 e. The van der Waals surface area contributed by atoms with E-state index in [1.807, 2.05) is 0 Å². The van der Waals surface area contributed by atoms with E-state index < -0.39 is 6.36 Å². The van der Waals surface area contributed by atoms with Gasteiger partial charge in [-0.3, -0.25) is 0 Å². The Morgan fingerprint density at radius 2 is 1.69 bits per heavy atom. The molecule has 1 rings (SSSR count). The van der Waals surface area contributed by atoms with Gasteiger partial charge in [0.15, 0.2) is 0 Å². The van der Waals surface area contributed by atoms with Crippen molar-refractivity contribution < 1.29 is 27.4 Å². The molecule has 0 bridgehead atoms. The molecule has 0 amide bonds. The highest BCUT2D eigenvalue weighted by atomic mass is 19.4. The number of aldehydes is 1. The fourth-order valence-corrected chi connectivity index (χ4v) is 0.962. The van der Waals surface area contributed by atoms with Gasteiger partial charge in [-0.2, -0.15) is 0 Å². The van der Waals surface area contributed by atoms with Crippen molar-refractivity contribution in [1.82, 2.24) is 0 Å². The molecule has 0 radical (unpaired) electrons. The van der Waals surface area contributed by atoms with Crippen LogP contribution < -0.4 is 9.47 Å². The third-order valence-corrected chi connectivity index (χ3v) is 1.56. The van der Waals surface area contributed by atoms with Crippen LogP contribution in [0.4, 0.5) is 13.2 Å². The number of alkyl halides is 3. The molecule has 1 aromatic rings. The fourth-order valence-electron chi connectivity index (χ4n) is 0.962. The molecular weight excluding hydrogens is 225 g/mol. The Morgan fingerprint density at radius 3 is 2.19 bits per heavy atom. The van der Waals surface area contributed by atoms with E-state index in [0.29, 0.717) is 12.0 Å². The van der Waals surface area contributed by atoms with Gasteiger partial charge in [-0.1, -0.05) is 0 Å². The minimum Gasteiger partial charge on any atom is -0.493 e. The second-order valence-electron chi connectivity index (χ2n) is 2.82. The van der Waals surface area contributed by atoms with Crippen LogP contribution in [0.1, 0.15) is 6.42 Å². The minimum atomic E-state index is -4.69. The van der Waals surface area contributed by atoms with Gasteiger partial charge in [0.1, 0.15) is 17.8 Å². The van der Waals surface area contributed by atoms with Gasteiger partial charge in [-0.15, -0.1) is 13.2 Å². The van der Waals surface area contributed by atoms with E-state index in [9.17, 15) is 18.0 Å². The van der Waals surface area contributed by atoms with Crippen molar-refractivity contribution in [2.24, 2.45) is 0 Å². The Balaban J connectivity index is 2.51. The number of hydrogen-bond acceptors (Lipinski definition) is 3. The Morgan fingerprint density at radius 1 is 1.12 bits per heavy atom. The number of halogens is 3. The lowest BCUT2D eigenvalue weighted by Gasteiger charge is -2.09. The molecule has 0 fully saturated rings. The summed E-state index contributed by atoms with van der Waals surface area (Å²) in [6.07, 6.45) is -3.76. The van der Waals surface area contributed by atoms with Crippen LogP contribution in [0, 0.1) is 0 Å². The molecule has 6 heteroatoms. The first-order valence-electron chi connectivity index (χ1n) is 4.43. The lowest BCUT2D eigenvalue weighted by Crippen LogP contribution is -2.16. The van der Waals surface area contributed by atoms with Gasteiger partial charge in [-0.25, -0.2) is 0 Å². The molecule has 0 aromatic heterocycles. The lowest BCUT2D eigenvalue weighted by atomic mass is 10.3. The average Bonchev–Trinajstić information content (AvgIpc) is 2.19. The lowest BCUT2D eigenvalue weighted by molar-refractivity contribution is -0.274. The summed E-state index contributed by atoms with van der Waals surface area (Å²) in [5, 5.41) is 0. The first-order valence-corrected chi connectivity index (χ1v) is 4.43. The summed E-state index contributed by atoms with van der Waals surface area (Å²) in [5.41, 5.74) is 0. The molecular formula is C10H9F3O3. The standard InChI is InChI=1S/C10H9F3O3/c11-10(12,13)16-9-4-2-8(3-5-9)15-7-1-6-14/h2-6H,1,7H2. The zero-order chi connectivity index (χ0) is 12.0. The maximum Gasteiger partial charge on any atom is 0.573 e. The van der Waals surface area contributed by atoms with Crippen LogP contribution in [0.3, 0.4) is 0 Å². The molecule has 0 aliphatic rings. The predicted octanol–water partition coefficient (Wildman–Crippen LogP) is 2.55. The van der Waals surface area contributed by atoms with Crippen molar-refractivity contribution in [2.75, 3.05) is 6.61 Å². The number of hydrogen-bond donors (Lipinski definition) is 0. The topological polar surface area (TPSA) is 35.5 Å². The Hall–Kier alpha value is -1.72. The minimum absolute atomic E-state index is 0.197. The monoisotopic (exact) mass is 234 g/mol. The molecule has 0 aliphatic heterocycles. The summed E-state index contributed by atoms with van der Waals surface area (Å²) in [4.78, 5) is 9.98. The normalized spacial score (nSPS) is 10.9. The number of carbonyl (C=O) groups excluding carboxylic acids is 1. The van der Waals surface area contributed by atoms with E-state index in [1.165, 1.54) is 12.1 Å². The van der Waals surface area contributed by atoms with Crippen molar-refractivity contribution in [2.45, 2.75) is 12.8 Å². The highest BCUT2D eigenvalue weighted by Gasteiger charge is 2.30. The molecule has 3 nitrogen and oxygen atoms in total. The number of rotatable bonds is 5. The van der Waals surface area contributed by atoms with Crippen molar-refractivity contribution in [3.05, 3.63) is 24.3 Å². The van der Waals surface area contributed by atoms with Crippen LogP contribution in [-0.2, 0) is 4.79 Å². The van der Waals surface area contributed by atoms with Gasteiger partial charge in [0.05, 0.1) is 6.61 Å². The van der Waals surface area contributed by atoms with Crippen molar-refractivity contribution in [3.8, 4) is 11.5 Å². The van der Waals surface area contributed by atoms with Crippen molar-refractivity contribution in [1.29, 1.82) is 0 Å². The Bertz CT molecular complexity index is 332. The zero-order valence-electron chi connectivity index (χ0n) is 8.16. The Kier molecular flexibility index (Phi) is 4.16. The van der Waals surface area contributed by atoms with Gasteiger partial charge < -0.3 is 14.3 Å². The van der Waals surface area contributed by atoms with Gasteiger partial charge in [0, 0.05) is 6.42 Å². The molecule has 0 unspecified atom stereocenters. The quantitative estimate of drug-likeness (QED) is 0.580. The van der Waals surface area contributed by atoms with Crippen LogP contribution in [0.2, 0.25) is 0 Å². The van der Waals surface area contributed by atoms with E-state index in [-0.39, 0.29) is 18.8 Å². The summed E-state index contributed by atoms with van der Waals surface area (Å²) in [5.74, 6) is 0.0756. The van der Waals surface area contributed by atoms with E-state index in [0.717, 1.165) is 12.1 Å². The molecule has 16 heavy (non-hydrogen) atoms. The summed E-state index contributed by atoms with van der Waals surface area (Å²) in [7, 11) is 0. The molecule has 0 saturated heterocycles. The van der Waals surface area contributed by atoms with Crippen LogP contribution in [-0.4, -0.2) is 19.3 Å². The molecule has 0 aliphatic carbocycles. The number of carbonyl (C=O) groups is 1. The molecule has 1 aromatic carbocycles. The van der Waals surface area contributed by atoms with Gasteiger partial charge in [0.25, 0.3) is 0 Å².